The van der Waals surface area contributed by atoms with E-state index in [9.17, 15) is 0 Å². The van der Waals surface area contributed by atoms with Gasteiger partial charge in [-0.25, -0.2) is 0 Å². The van der Waals surface area contributed by atoms with Gasteiger partial charge >= 0.3 is 0 Å². The highest BCUT2D eigenvalue weighted by Crippen LogP contribution is 1.90. The van der Waals surface area contributed by atoms with E-state index in [2.05, 4.69) is 18.2 Å². The molecule has 0 aromatic carbocycles. The Morgan fingerprint density at radius 1 is 1.71 bits per heavy atom. The molecule has 0 saturated carbocycles. The Labute approximate surface area is 44.4 Å². The molecule has 1 aliphatic rings. The molecule has 0 saturated heterocycles. The Balaban J connectivity index is 2.50. The molecular weight excluding hydrogens is 84.9 g/mol. The maximum atomic E-state index is 2.99. The standard InChI is InChI=1S/C5H8BN/c1-5-4-7-3-2-6-5/h2-4,6-7H,1H3. The molecule has 1 heterocycles. The number of allylic oxidation sites excluding steroid dienone is 1. The van der Waals surface area contributed by atoms with Crippen LogP contribution in [0.1, 0.15) is 6.92 Å². The van der Waals surface area contributed by atoms with Crippen LogP contribution in [-0.4, -0.2) is 7.28 Å². The lowest BCUT2D eigenvalue weighted by atomic mass is 9.70. The van der Waals surface area contributed by atoms with Crippen LogP contribution in [0.15, 0.2) is 23.8 Å². The zero-order chi connectivity index (χ0) is 5.11. The van der Waals surface area contributed by atoms with Gasteiger partial charge in [-0.05, 0) is 12.4 Å². The SMILES string of the molecule is CC1=CNC=CB1. The summed E-state index contributed by atoms with van der Waals surface area (Å²) in [5.74, 6) is 2.11. The van der Waals surface area contributed by atoms with E-state index in [-0.39, 0.29) is 0 Å². The second-order valence-corrected chi connectivity index (χ2v) is 1.76. The summed E-state index contributed by atoms with van der Waals surface area (Å²) in [6.45, 7) is 2.11. The fraction of sp³-hybridized carbons (Fsp3) is 0.200. The van der Waals surface area contributed by atoms with Crippen molar-refractivity contribution in [2.75, 3.05) is 0 Å². The Morgan fingerprint density at radius 2 is 2.57 bits per heavy atom. The molecule has 0 radical (unpaired) electrons. The summed E-state index contributed by atoms with van der Waals surface area (Å²) in [5, 5.41) is 2.99. The van der Waals surface area contributed by atoms with Crippen LogP contribution in [-0.2, 0) is 0 Å². The van der Waals surface area contributed by atoms with Crippen molar-refractivity contribution in [2.24, 2.45) is 0 Å². The van der Waals surface area contributed by atoms with E-state index >= 15 is 0 Å². The third-order valence-corrected chi connectivity index (χ3v) is 0.984. The van der Waals surface area contributed by atoms with Gasteiger partial charge in [0.05, 0.1) is 0 Å². The van der Waals surface area contributed by atoms with Gasteiger partial charge in [-0.3, -0.25) is 0 Å². The molecule has 1 N–H and O–H groups in total. The fourth-order valence-corrected chi connectivity index (χ4v) is 0.562. The second-order valence-electron chi connectivity index (χ2n) is 1.76. The van der Waals surface area contributed by atoms with E-state index in [1.807, 2.05) is 12.4 Å². The molecule has 1 nitrogen and oxygen atoms in total. The summed E-state index contributed by atoms with van der Waals surface area (Å²) < 4.78 is 0. The van der Waals surface area contributed by atoms with Gasteiger partial charge in [0.2, 0.25) is 0 Å². The van der Waals surface area contributed by atoms with Crippen molar-refractivity contribution >= 4 is 7.28 Å². The summed E-state index contributed by atoms with van der Waals surface area (Å²) in [6.07, 6.45) is 3.97. The molecule has 1 aliphatic heterocycles. The Bertz CT molecular complexity index is 115. The zero-order valence-electron chi connectivity index (χ0n) is 4.44. The third kappa shape index (κ3) is 1.11. The smallest absolute Gasteiger partial charge is 0.181 e. The van der Waals surface area contributed by atoms with E-state index in [1.165, 1.54) is 5.47 Å². The highest BCUT2D eigenvalue weighted by Gasteiger charge is 1.89. The van der Waals surface area contributed by atoms with E-state index in [0.29, 0.717) is 0 Å². The lowest BCUT2D eigenvalue weighted by Crippen LogP contribution is -2.04. The maximum absolute atomic E-state index is 2.99. The molecule has 0 unspecified atom stereocenters. The van der Waals surface area contributed by atoms with Crippen molar-refractivity contribution in [1.82, 2.24) is 5.32 Å². The van der Waals surface area contributed by atoms with E-state index in [4.69, 9.17) is 0 Å². The van der Waals surface area contributed by atoms with Gasteiger partial charge in [0, 0.05) is 0 Å². The molecule has 0 aromatic heterocycles. The normalized spacial score (nSPS) is 17.0. The van der Waals surface area contributed by atoms with Crippen LogP contribution in [0.25, 0.3) is 0 Å². The van der Waals surface area contributed by atoms with Crippen molar-refractivity contribution in [2.45, 2.75) is 6.92 Å². The molecule has 2 heteroatoms. The molecule has 0 amide bonds. The molecule has 1 rings (SSSR count). The summed E-state index contributed by atoms with van der Waals surface area (Å²) in [4.78, 5) is 0. The minimum Gasteiger partial charge on any atom is -0.370 e. The zero-order valence-corrected chi connectivity index (χ0v) is 4.44. The number of rotatable bonds is 0. The highest BCUT2D eigenvalue weighted by atomic mass is 14.8. The van der Waals surface area contributed by atoms with Crippen LogP contribution < -0.4 is 5.32 Å². The van der Waals surface area contributed by atoms with Crippen molar-refractivity contribution in [1.29, 1.82) is 0 Å². The number of hydrogen-bond acceptors (Lipinski definition) is 1. The summed E-state index contributed by atoms with van der Waals surface area (Å²) in [6, 6.07) is 0. The van der Waals surface area contributed by atoms with Gasteiger partial charge in [-0.1, -0.05) is 18.4 Å². The monoisotopic (exact) mass is 93.1 g/mol. The molecule has 36 valence electrons. The summed E-state index contributed by atoms with van der Waals surface area (Å²) in [5.41, 5.74) is 1.39. The van der Waals surface area contributed by atoms with Gasteiger partial charge < -0.3 is 5.32 Å². The molecule has 0 aliphatic carbocycles. The topological polar surface area (TPSA) is 12.0 Å². The predicted molar refractivity (Wildman–Crippen MR) is 33.2 cm³/mol. The van der Waals surface area contributed by atoms with Crippen molar-refractivity contribution < 1.29 is 0 Å². The van der Waals surface area contributed by atoms with Crippen LogP contribution in [0.5, 0.6) is 0 Å². The molecular formula is C5H8BN. The van der Waals surface area contributed by atoms with E-state index in [0.717, 1.165) is 7.28 Å². The average molecular weight is 92.9 g/mol. The van der Waals surface area contributed by atoms with Gasteiger partial charge in [-0.15, -0.1) is 0 Å². The van der Waals surface area contributed by atoms with Crippen LogP contribution in [0.2, 0.25) is 0 Å². The van der Waals surface area contributed by atoms with Gasteiger partial charge in [0.1, 0.15) is 0 Å². The Hall–Kier alpha value is -0.655. The third-order valence-electron chi connectivity index (χ3n) is 0.984. The van der Waals surface area contributed by atoms with Crippen molar-refractivity contribution in [3.63, 3.8) is 0 Å². The largest absolute Gasteiger partial charge is 0.370 e. The van der Waals surface area contributed by atoms with Crippen LogP contribution in [0.3, 0.4) is 0 Å². The quantitative estimate of drug-likeness (QED) is 0.426. The van der Waals surface area contributed by atoms with Crippen molar-refractivity contribution in [3.05, 3.63) is 23.8 Å². The van der Waals surface area contributed by atoms with Crippen LogP contribution in [0, 0.1) is 0 Å². The lowest BCUT2D eigenvalue weighted by molar-refractivity contribution is 1.17. The highest BCUT2D eigenvalue weighted by molar-refractivity contribution is 6.51. The number of hydrogen-bond donors (Lipinski definition) is 1. The minimum absolute atomic E-state index is 1.10. The van der Waals surface area contributed by atoms with Gasteiger partial charge in [0.15, 0.2) is 7.28 Å². The number of nitrogens with one attached hydrogen (secondary N) is 1. The molecule has 0 aromatic rings. The van der Waals surface area contributed by atoms with Crippen LogP contribution >= 0.6 is 0 Å². The first kappa shape index (κ1) is 4.50. The second kappa shape index (κ2) is 1.87. The predicted octanol–water partition coefficient (Wildman–Crippen LogP) is 0.359. The first-order chi connectivity index (χ1) is 3.39. The molecule has 7 heavy (non-hydrogen) atoms. The summed E-state index contributed by atoms with van der Waals surface area (Å²) in [7, 11) is 1.10. The summed E-state index contributed by atoms with van der Waals surface area (Å²) >= 11 is 0. The first-order valence-corrected chi connectivity index (χ1v) is 2.46. The Morgan fingerprint density at radius 3 is 2.86 bits per heavy atom. The van der Waals surface area contributed by atoms with Crippen molar-refractivity contribution in [3.8, 4) is 0 Å². The van der Waals surface area contributed by atoms with Gasteiger partial charge in [0.25, 0.3) is 0 Å². The first-order valence-electron chi connectivity index (χ1n) is 2.46. The molecule has 0 bridgehead atoms. The minimum atomic E-state index is 1.10. The molecule has 0 fully saturated rings. The molecule has 0 atom stereocenters. The van der Waals surface area contributed by atoms with Gasteiger partial charge in [-0.2, -0.15) is 0 Å². The Kier molecular flexibility index (Phi) is 1.20. The molecule has 0 spiro atoms. The van der Waals surface area contributed by atoms with E-state index in [1.54, 1.807) is 0 Å². The average Bonchev–Trinajstić information content (AvgIpc) is 1.69. The van der Waals surface area contributed by atoms with Crippen LogP contribution in [0.4, 0.5) is 0 Å². The van der Waals surface area contributed by atoms with E-state index < -0.39 is 0 Å². The maximum Gasteiger partial charge on any atom is 0.181 e. The lowest BCUT2D eigenvalue weighted by Gasteiger charge is -1.99. The fourth-order valence-electron chi connectivity index (χ4n) is 0.562.